The fourth-order valence-electron chi connectivity index (χ4n) is 1.52. The Labute approximate surface area is 96.8 Å². The molecule has 0 amide bonds. The minimum atomic E-state index is 0.179. The molecule has 2 heterocycles. The summed E-state index contributed by atoms with van der Waals surface area (Å²) in [5.41, 5.74) is 7.24. The Morgan fingerprint density at radius 2 is 2.20 bits per heavy atom. The van der Waals surface area contributed by atoms with Crippen LogP contribution in [0, 0.1) is 0 Å². The number of alkyl halides is 1. The van der Waals surface area contributed by atoms with Crippen molar-refractivity contribution in [3.63, 3.8) is 0 Å². The van der Waals surface area contributed by atoms with Crippen molar-refractivity contribution in [2.24, 2.45) is 0 Å². The summed E-state index contributed by atoms with van der Waals surface area (Å²) in [6.07, 6.45) is 3.63. The van der Waals surface area contributed by atoms with Gasteiger partial charge in [-0.1, -0.05) is 11.6 Å². The van der Waals surface area contributed by atoms with E-state index in [4.69, 9.17) is 28.9 Å². The first-order valence-electron chi connectivity index (χ1n) is 4.57. The van der Waals surface area contributed by atoms with Crippen LogP contribution in [-0.4, -0.2) is 20.8 Å². The molecule has 0 aromatic carbocycles. The third-order valence-corrected chi connectivity index (χ3v) is 2.71. The van der Waals surface area contributed by atoms with E-state index in [1.165, 1.54) is 0 Å². The molecule has 2 aromatic heterocycles. The number of halogens is 2. The van der Waals surface area contributed by atoms with Crippen LogP contribution >= 0.6 is 23.2 Å². The number of aromatic amines is 1. The van der Waals surface area contributed by atoms with Gasteiger partial charge >= 0.3 is 0 Å². The van der Waals surface area contributed by atoms with Crippen LogP contribution in [0.25, 0.3) is 11.0 Å². The van der Waals surface area contributed by atoms with Crippen LogP contribution in [0.15, 0.2) is 6.20 Å². The second-order valence-corrected chi connectivity index (χ2v) is 3.94. The molecule has 0 radical (unpaired) electrons. The molecular formula is C9H10Cl2N4. The fourth-order valence-corrected chi connectivity index (χ4v) is 1.95. The van der Waals surface area contributed by atoms with Crippen LogP contribution in [0.1, 0.15) is 12.0 Å². The van der Waals surface area contributed by atoms with Gasteiger partial charge in [-0.05, 0) is 18.4 Å². The Balaban J connectivity index is 2.49. The van der Waals surface area contributed by atoms with Gasteiger partial charge in [0.25, 0.3) is 0 Å². The van der Waals surface area contributed by atoms with Gasteiger partial charge in [0.1, 0.15) is 10.8 Å². The summed E-state index contributed by atoms with van der Waals surface area (Å²) in [4.78, 5) is 11.0. The first-order valence-corrected chi connectivity index (χ1v) is 5.48. The zero-order valence-electron chi connectivity index (χ0n) is 7.93. The van der Waals surface area contributed by atoms with Gasteiger partial charge in [-0.2, -0.15) is 4.98 Å². The van der Waals surface area contributed by atoms with E-state index in [0.29, 0.717) is 16.7 Å². The number of aromatic nitrogens is 3. The highest BCUT2D eigenvalue weighted by Gasteiger charge is 2.10. The zero-order chi connectivity index (χ0) is 10.8. The van der Waals surface area contributed by atoms with E-state index < -0.39 is 0 Å². The first-order chi connectivity index (χ1) is 7.22. The van der Waals surface area contributed by atoms with Crippen LogP contribution in [-0.2, 0) is 6.42 Å². The van der Waals surface area contributed by atoms with Gasteiger partial charge in [-0.3, -0.25) is 0 Å². The van der Waals surface area contributed by atoms with Gasteiger partial charge in [0.05, 0.1) is 5.39 Å². The van der Waals surface area contributed by atoms with E-state index in [9.17, 15) is 0 Å². The van der Waals surface area contributed by atoms with E-state index in [2.05, 4.69) is 15.0 Å². The van der Waals surface area contributed by atoms with Crippen LogP contribution in [0.3, 0.4) is 0 Å². The van der Waals surface area contributed by atoms with E-state index in [1.54, 1.807) is 0 Å². The number of nitrogens with two attached hydrogens (primary N) is 1. The average molecular weight is 245 g/mol. The maximum absolute atomic E-state index is 6.00. The van der Waals surface area contributed by atoms with Crippen LogP contribution in [0.4, 0.5) is 5.95 Å². The minimum absolute atomic E-state index is 0.179. The summed E-state index contributed by atoms with van der Waals surface area (Å²) in [5, 5.41) is 1.24. The molecule has 0 saturated heterocycles. The van der Waals surface area contributed by atoms with Crippen molar-refractivity contribution in [1.29, 1.82) is 0 Å². The van der Waals surface area contributed by atoms with E-state index >= 15 is 0 Å². The van der Waals surface area contributed by atoms with Crippen molar-refractivity contribution in [1.82, 2.24) is 15.0 Å². The summed E-state index contributed by atoms with van der Waals surface area (Å²) >= 11 is 11.6. The Kier molecular flexibility index (Phi) is 2.98. The van der Waals surface area contributed by atoms with Gasteiger partial charge in [-0.15, -0.1) is 11.6 Å². The number of hydrogen-bond donors (Lipinski definition) is 2. The SMILES string of the molecule is Nc1nc(Cl)c2c(CCCCl)c[nH]c2n1. The topological polar surface area (TPSA) is 67.6 Å². The first kappa shape index (κ1) is 10.5. The number of nitrogens with zero attached hydrogens (tertiary/aromatic N) is 2. The number of H-pyrrole nitrogens is 1. The zero-order valence-corrected chi connectivity index (χ0v) is 9.44. The quantitative estimate of drug-likeness (QED) is 0.644. The lowest BCUT2D eigenvalue weighted by molar-refractivity contribution is 0.935. The molecule has 0 spiro atoms. The summed E-state index contributed by atoms with van der Waals surface area (Å²) in [7, 11) is 0. The van der Waals surface area contributed by atoms with Crippen LogP contribution < -0.4 is 5.73 Å². The minimum Gasteiger partial charge on any atom is -0.368 e. The Hall–Kier alpha value is -1.00. The number of nitrogens with one attached hydrogen (secondary N) is 1. The summed E-state index contributed by atoms with van der Waals surface area (Å²) in [6.45, 7) is 0. The van der Waals surface area contributed by atoms with Gasteiger partial charge in [0.2, 0.25) is 5.95 Å². The number of anilines is 1. The van der Waals surface area contributed by atoms with Gasteiger partial charge in [-0.25, -0.2) is 4.98 Å². The predicted molar refractivity (Wildman–Crippen MR) is 62.4 cm³/mol. The fraction of sp³-hybridized carbons (Fsp3) is 0.333. The molecule has 3 N–H and O–H groups in total. The van der Waals surface area contributed by atoms with Crippen molar-refractivity contribution in [3.8, 4) is 0 Å². The van der Waals surface area contributed by atoms with Crippen molar-refractivity contribution < 1.29 is 0 Å². The van der Waals surface area contributed by atoms with Crippen molar-refractivity contribution in [2.45, 2.75) is 12.8 Å². The van der Waals surface area contributed by atoms with Crippen LogP contribution in [0.2, 0.25) is 5.15 Å². The van der Waals surface area contributed by atoms with Crippen LogP contribution in [0.5, 0.6) is 0 Å². The number of fused-ring (bicyclic) bond motifs is 1. The van der Waals surface area contributed by atoms with Crippen molar-refractivity contribution in [2.75, 3.05) is 11.6 Å². The molecule has 2 rings (SSSR count). The monoisotopic (exact) mass is 244 g/mol. The third kappa shape index (κ3) is 2.01. The second-order valence-electron chi connectivity index (χ2n) is 3.20. The number of rotatable bonds is 3. The molecule has 4 nitrogen and oxygen atoms in total. The highest BCUT2D eigenvalue weighted by atomic mass is 35.5. The van der Waals surface area contributed by atoms with E-state index in [-0.39, 0.29) is 5.95 Å². The Bertz CT molecular complexity index is 480. The molecule has 0 aliphatic heterocycles. The van der Waals surface area contributed by atoms with E-state index in [0.717, 1.165) is 23.8 Å². The average Bonchev–Trinajstić information content (AvgIpc) is 2.58. The molecule has 0 bridgehead atoms. The molecule has 0 aliphatic rings. The molecule has 0 atom stereocenters. The van der Waals surface area contributed by atoms with Crippen molar-refractivity contribution >= 4 is 40.2 Å². The third-order valence-electron chi connectivity index (χ3n) is 2.17. The van der Waals surface area contributed by atoms with Gasteiger partial charge < -0.3 is 10.7 Å². The number of hydrogen-bond acceptors (Lipinski definition) is 3. The standard InChI is InChI=1S/C9H10Cl2N4/c10-3-1-2-5-4-13-8-6(5)7(11)14-9(12)15-8/h4H,1-3H2,(H3,12,13,14,15). The largest absolute Gasteiger partial charge is 0.368 e. The molecular weight excluding hydrogens is 235 g/mol. The molecule has 0 unspecified atom stereocenters. The Morgan fingerprint density at radius 3 is 2.93 bits per heavy atom. The number of aryl methyl sites for hydroxylation is 1. The summed E-state index contributed by atoms with van der Waals surface area (Å²) in [6, 6.07) is 0. The van der Waals surface area contributed by atoms with Gasteiger partial charge in [0, 0.05) is 12.1 Å². The van der Waals surface area contributed by atoms with Gasteiger partial charge in [0.15, 0.2) is 0 Å². The molecule has 2 aromatic rings. The molecule has 0 fully saturated rings. The van der Waals surface area contributed by atoms with Crippen molar-refractivity contribution in [3.05, 3.63) is 16.9 Å². The summed E-state index contributed by atoms with van der Waals surface area (Å²) < 4.78 is 0. The second kappa shape index (κ2) is 4.24. The lowest BCUT2D eigenvalue weighted by atomic mass is 10.1. The molecule has 0 aliphatic carbocycles. The smallest absolute Gasteiger partial charge is 0.223 e. The number of nitrogen functional groups attached to an aromatic ring is 1. The predicted octanol–water partition coefficient (Wildman–Crippen LogP) is 2.36. The normalized spacial score (nSPS) is 11.1. The molecule has 6 heteroatoms. The lowest BCUT2D eigenvalue weighted by Crippen LogP contribution is -1.95. The maximum Gasteiger partial charge on any atom is 0.223 e. The molecule has 15 heavy (non-hydrogen) atoms. The molecule has 80 valence electrons. The van der Waals surface area contributed by atoms with E-state index in [1.807, 2.05) is 6.20 Å². The molecule has 0 saturated carbocycles. The summed E-state index contributed by atoms with van der Waals surface area (Å²) in [5.74, 6) is 0.804. The lowest BCUT2D eigenvalue weighted by Gasteiger charge is -1.99. The maximum atomic E-state index is 6.00. The highest BCUT2D eigenvalue weighted by molar-refractivity contribution is 6.34. The Morgan fingerprint density at radius 1 is 1.40 bits per heavy atom. The highest BCUT2D eigenvalue weighted by Crippen LogP contribution is 2.25.